The van der Waals surface area contributed by atoms with Crippen LogP contribution in [0.25, 0.3) is 11.1 Å². The maximum atomic E-state index is 10.4. The lowest BCUT2D eigenvalue weighted by Crippen LogP contribution is -2.35. The van der Waals surface area contributed by atoms with Crippen LogP contribution < -0.4 is 9.47 Å². The summed E-state index contributed by atoms with van der Waals surface area (Å²) in [4.78, 5) is 2.50. The van der Waals surface area contributed by atoms with Gasteiger partial charge in [-0.05, 0) is 98.3 Å². The molecular weight excluding hydrogens is 450 g/mol. The van der Waals surface area contributed by atoms with Crippen LogP contribution >= 0.6 is 0 Å². The second-order valence-corrected chi connectivity index (χ2v) is 10.3. The van der Waals surface area contributed by atoms with Crippen molar-refractivity contribution in [2.24, 2.45) is 5.92 Å². The standard InChI is InChI=1S/C31H35NO4/c1-19-13-14-32(17-19)21(3)18-35-26-10-7-23(8-11-26)31-30(24-6-5-20(2)28(34)15-24)22(4)27-16-25(33)9-12-29(27)36-31/h5-12,15-16,19,21,31,33-34H,13-14,17-18H2,1-4H3/t19-,21+,31?/m1/s1. The number of benzene rings is 3. The summed E-state index contributed by atoms with van der Waals surface area (Å²) in [5.74, 6) is 2.77. The number of aryl methyl sites for hydroxylation is 1. The van der Waals surface area contributed by atoms with Gasteiger partial charge < -0.3 is 19.7 Å². The number of hydrogen-bond donors (Lipinski definition) is 2. The van der Waals surface area contributed by atoms with Gasteiger partial charge in [-0.3, -0.25) is 4.90 Å². The van der Waals surface area contributed by atoms with E-state index in [0.29, 0.717) is 12.6 Å². The molecule has 0 saturated carbocycles. The Balaban J connectivity index is 1.42. The average molecular weight is 486 g/mol. The van der Waals surface area contributed by atoms with Gasteiger partial charge in [0.25, 0.3) is 0 Å². The van der Waals surface area contributed by atoms with Crippen molar-refractivity contribution in [1.82, 2.24) is 4.90 Å². The summed E-state index contributed by atoms with van der Waals surface area (Å²) in [5.41, 5.74) is 5.54. The Hall–Kier alpha value is -3.44. The van der Waals surface area contributed by atoms with E-state index in [0.717, 1.165) is 63.9 Å². The van der Waals surface area contributed by atoms with Gasteiger partial charge in [0.15, 0.2) is 0 Å². The van der Waals surface area contributed by atoms with Crippen LogP contribution in [0.4, 0.5) is 0 Å². The van der Waals surface area contributed by atoms with Gasteiger partial charge in [-0.25, -0.2) is 0 Å². The maximum Gasteiger partial charge on any atom is 0.150 e. The monoisotopic (exact) mass is 485 g/mol. The van der Waals surface area contributed by atoms with Crippen molar-refractivity contribution in [3.63, 3.8) is 0 Å². The molecule has 5 rings (SSSR count). The molecule has 3 aromatic carbocycles. The molecule has 2 N–H and O–H groups in total. The Morgan fingerprint density at radius 2 is 1.81 bits per heavy atom. The first kappa shape index (κ1) is 24.3. The van der Waals surface area contributed by atoms with E-state index in [1.165, 1.54) is 6.42 Å². The van der Waals surface area contributed by atoms with Crippen molar-refractivity contribution in [2.75, 3.05) is 19.7 Å². The van der Waals surface area contributed by atoms with Crippen LogP contribution in [0.15, 0.2) is 60.7 Å². The Morgan fingerprint density at radius 1 is 1.03 bits per heavy atom. The van der Waals surface area contributed by atoms with Crippen molar-refractivity contribution in [3.8, 4) is 23.0 Å². The van der Waals surface area contributed by atoms with Crippen molar-refractivity contribution in [3.05, 3.63) is 82.9 Å². The molecular formula is C31H35NO4. The lowest BCUT2D eigenvalue weighted by atomic mass is 9.85. The number of likely N-dealkylation sites (tertiary alicyclic amines) is 1. The van der Waals surface area contributed by atoms with E-state index in [-0.39, 0.29) is 17.6 Å². The third-order valence-electron chi connectivity index (χ3n) is 7.55. The predicted octanol–water partition coefficient (Wildman–Crippen LogP) is 6.58. The fraction of sp³-hybridized carbons (Fsp3) is 0.355. The molecule has 2 heterocycles. The lowest BCUT2D eigenvalue weighted by Gasteiger charge is -2.31. The third-order valence-corrected chi connectivity index (χ3v) is 7.55. The second kappa shape index (κ2) is 9.90. The molecule has 5 heteroatoms. The molecule has 0 aromatic heterocycles. The minimum absolute atomic E-state index is 0.195. The van der Waals surface area contributed by atoms with Crippen LogP contribution in [0.3, 0.4) is 0 Å². The van der Waals surface area contributed by atoms with Crippen molar-refractivity contribution in [2.45, 2.75) is 46.3 Å². The van der Waals surface area contributed by atoms with E-state index < -0.39 is 0 Å². The Labute approximate surface area is 213 Å². The summed E-state index contributed by atoms with van der Waals surface area (Å²) >= 11 is 0. The first-order valence-electron chi connectivity index (χ1n) is 12.8. The van der Waals surface area contributed by atoms with Gasteiger partial charge in [0.2, 0.25) is 0 Å². The highest BCUT2D eigenvalue weighted by atomic mass is 16.5. The first-order valence-corrected chi connectivity index (χ1v) is 12.8. The Kier molecular flexibility index (Phi) is 6.67. The third kappa shape index (κ3) is 4.80. The largest absolute Gasteiger partial charge is 0.508 e. The molecule has 0 amide bonds. The smallest absolute Gasteiger partial charge is 0.150 e. The fourth-order valence-corrected chi connectivity index (χ4v) is 5.25. The quantitative estimate of drug-likeness (QED) is 0.413. The number of aromatic hydroxyl groups is 2. The number of nitrogens with zero attached hydrogens (tertiary/aromatic N) is 1. The number of allylic oxidation sites excluding steroid dienone is 1. The molecule has 0 bridgehead atoms. The molecule has 0 aliphatic carbocycles. The molecule has 3 aromatic rings. The van der Waals surface area contributed by atoms with E-state index in [4.69, 9.17) is 9.47 Å². The number of ether oxygens (including phenoxy) is 2. The molecule has 0 spiro atoms. The zero-order chi connectivity index (χ0) is 25.4. The normalized spacial score (nSPS) is 20.7. The van der Waals surface area contributed by atoms with Crippen LogP contribution in [-0.2, 0) is 0 Å². The van der Waals surface area contributed by atoms with Gasteiger partial charge in [-0.1, -0.05) is 31.2 Å². The molecule has 188 valence electrons. The molecule has 2 aliphatic heterocycles. The fourth-order valence-electron chi connectivity index (χ4n) is 5.25. The maximum absolute atomic E-state index is 10.4. The van der Waals surface area contributed by atoms with Crippen LogP contribution in [0.1, 0.15) is 55.5 Å². The summed E-state index contributed by atoms with van der Waals surface area (Å²) in [7, 11) is 0. The Bertz CT molecular complexity index is 1280. The molecule has 5 nitrogen and oxygen atoms in total. The zero-order valence-electron chi connectivity index (χ0n) is 21.5. The van der Waals surface area contributed by atoms with Gasteiger partial charge in [-0.15, -0.1) is 0 Å². The predicted molar refractivity (Wildman–Crippen MR) is 144 cm³/mol. The minimum Gasteiger partial charge on any atom is -0.508 e. The first-order chi connectivity index (χ1) is 17.3. The van der Waals surface area contributed by atoms with Crippen LogP contribution in [0.5, 0.6) is 23.0 Å². The number of phenols is 2. The summed E-state index contributed by atoms with van der Waals surface area (Å²) in [5, 5.41) is 20.5. The van der Waals surface area contributed by atoms with E-state index in [1.54, 1.807) is 18.2 Å². The summed E-state index contributed by atoms with van der Waals surface area (Å²) in [6.07, 6.45) is 0.903. The number of fused-ring (bicyclic) bond motifs is 1. The molecule has 0 radical (unpaired) electrons. The molecule has 1 fully saturated rings. The molecule has 3 atom stereocenters. The van der Waals surface area contributed by atoms with E-state index in [9.17, 15) is 10.2 Å². The van der Waals surface area contributed by atoms with Crippen LogP contribution in [0, 0.1) is 12.8 Å². The topological polar surface area (TPSA) is 62.2 Å². The van der Waals surface area contributed by atoms with Crippen LogP contribution in [0.2, 0.25) is 0 Å². The highest BCUT2D eigenvalue weighted by molar-refractivity contribution is 5.96. The van der Waals surface area contributed by atoms with Gasteiger partial charge in [0, 0.05) is 23.7 Å². The highest BCUT2D eigenvalue weighted by Crippen LogP contribution is 2.48. The van der Waals surface area contributed by atoms with Gasteiger partial charge in [0.1, 0.15) is 35.7 Å². The number of hydrogen-bond acceptors (Lipinski definition) is 5. The molecule has 2 aliphatic rings. The van der Waals surface area contributed by atoms with E-state index >= 15 is 0 Å². The van der Waals surface area contributed by atoms with Crippen molar-refractivity contribution >= 4 is 11.1 Å². The molecule has 36 heavy (non-hydrogen) atoms. The highest BCUT2D eigenvalue weighted by Gasteiger charge is 2.30. The lowest BCUT2D eigenvalue weighted by molar-refractivity contribution is 0.169. The van der Waals surface area contributed by atoms with E-state index in [2.05, 4.69) is 30.9 Å². The average Bonchev–Trinajstić information content (AvgIpc) is 3.31. The van der Waals surface area contributed by atoms with Crippen molar-refractivity contribution in [1.29, 1.82) is 0 Å². The number of phenolic OH excluding ortho intramolecular Hbond substituents is 2. The van der Waals surface area contributed by atoms with Gasteiger partial charge in [0.05, 0.1) is 0 Å². The van der Waals surface area contributed by atoms with Crippen LogP contribution in [-0.4, -0.2) is 40.9 Å². The van der Waals surface area contributed by atoms with E-state index in [1.807, 2.05) is 44.2 Å². The number of rotatable bonds is 6. The van der Waals surface area contributed by atoms with Crippen molar-refractivity contribution < 1.29 is 19.7 Å². The zero-order valence-corrected chi connectivity index (χ0v) is 21.5. The minimum atomic E-state index is -0.358. The second-order valence-electron chi connectivity index (χ2n) is 10.3. The summed E-state index contributed by atoms with van der Waals surface area (Å²) in [6, 6.07) is 19.4. The van der Waals surface area contributed by atoms with Gasteiger partial charge in [-0.2, -0.15) is 0 Å². The SMILES string of the molecule is CC1=C(c2ccc(C)c(O)c2)C(c2ccc(OC[C@H](C)N3CC[C@@H](C)C3)cc2)Oc2ccc(O)cc21. The Morgan fingerprint density at radius 3 is 2.50 bits per heavy atom. The van der Waals surface area contributed by atoms with Gasteiger partial charge >= 0.3 is 0 Å². The summed E-state index contributed by atoms with van der Waals surface area (Å²) in [6.45, 7) is 11.4. The molecule has 1 unspecified atom stereocenters. The summed E-state index contributed by atoms with van der Waals surface area (Å²) < 4.78 is 12.6. The molecule has 1 saturated heterocycles.